The van der Waals surface area contributed by atoms with Gasteiger partial charge in [0.25, 0.3) is 11.8 Å². The van der Waals surface area contributed by atoms with Gasteiger partial charge in [0.2, 0.25) is 11.0 Å². The van der Waals surface area contributed by atoms with Crippen molar-refractivity contribution in [3.63, 3.8) is 0 Å². The van der Waals surface area contributed by atoms with Gasteiger partial charge >= 0.3 is 0 Å². The number of hydrogen-bond acceptors (Lipinski definition) is 8. The lowest BCUT2D eigenvalue weighted by Crippen LogP contribution is -2.32. The van der Waals surface area contributed by atoms with Crippen molar-refractivity contribution in [3.05, 3.63) is 34.6 Å². The van der Waals surface area contributed by atoms with E-state index in [1.54, 1.807) is 0 Å². The second-order valence-electron chi connectivity index (χ2n) is 4.92. The lowest BCUT2D eigenvalue weighted by molar-refractivity contribution is -0.116. The highest BCUT2D eigenvalue weighted by molar-refractivity contribution is 7.15. The first kappa shape index (κ1) is 16.1. The summed E-state index contributed by atoms with van der Waals surface area (Å²) in [6.45, 7) is 0.304. The summed E-state index contributed by atoms with van der Waals surface area (Å²) in [6.07, 6.45) is 2.78. The highest BCUT2D eigenvalue weighted by Gasteiger charge is 2.35. The lowest BCUT2D eigenvalue weighted by Gasteiger charge is -2.12. The smallest absolute Gasteiger partial charge is 0.263 e. The van der Waals surface area contributed by atoms with Crippen molar-refractivity contribution in [3.8, 4) is 0 Å². The number of rotatable bonds is 6. The molecule has 2 aromatic heterocycles. The zero-order valence-electron chi connectivity index (χ0n) is 12.7. The minimum atomic E-state index is -0.436. The number of pyridine rings is 1. The molecule has 1 aliphatic heterocycles. The van der Waals surface area contributed by atoms with Crippen LogP contribution in [0.2, 0.25) is 0 Å². The van der Waals surface area contributed by atoms with Gasteiger partial charge in [-0.1, -0.05) is 11.3 Å². The number of hydrogen-bond donors (Lipinski definition) is 1. The van der Waals surface area contributed by atoms with Crippen LogP contribution < -0.4 is 5.32 Å². The molecule has 1 N–H and O–H groups in total. The molecule has 0 saturated heterocycles. The summed E-state index contributed by atoms with van der Waals surface area (Å²) in [7, 11) is 1.54. The Morgan fingerprint density at radius 2 is 2.08 bits per heavy atom. The first-order valence-electron chi connectivity index (χ1n) is 7.01. The minimum Gasteiger partial charge on any atom is -0.377 e. The van der Waals surface area contributed by atoms with E-state index in [1.807, 2.05) is 0 Å². The maximum absolute atomic E-state index is 12.2. The van der Waals surface area contributed by atoms with Crippen molar-refractivity contribution in [1.82, 2.24) is 20.1 Å². The predicted octanol–water partition coefficient (Wildman–Crippen LogP) is 0.704. The van der Waals surface area contributed by atoms with E-state index in [2.05, 4.69) is 20.5 Å². The number of carbonyl (C=O) groups excluding carboxylic acids is 3. The van der Waals surface area contributed by atoms with Crippen LogP contribution in [0.4, 0.5) is 5.13 Å². The third-order valence-corrected chi connectivity index (χ3v) is 4.13. The highest BCUT2D eigenvalue weighted by atomic mass is 32.1. The number of imide groups is 1. The molecule has 10 heteroatoms. The van der Waals surface area contributed by atoms with Crippen molar-refractivity contribution in [1.29, 1.82) is 0 Å². The molecule has 0 radical (unpaired) electrons. The van der Waals surface area contributed by atoms with E-state index < -0.39 is 11.8 Å². The number of nitrogens with zero attached hydrogens (tertiary/aromatic N) is 4. The molecular weight excluding hydrogens is 334 g/mol. The van der Waals surface area contributed by atoms with Gasteiger partial charge in [0.15, 0.2) is 0 Å². The fourth-order valence-electron chi connectivity index (χ4n) is 2.22. The van der Waals surface area contributed by atoms with E-state index in [9.17, 15) is 14.4 Å². The highest BCUT2D eigenvalue weighted by Crippen LogP contribution is 2.22. The number of fused-ring (bicyclic) bond motifs is 1. The molecule has 0 fully saturated rings. The maximum Gasteiger partial charge on any atom is 0.263 e. The zero-order valence-corrected chi connectivity index (χ0v) is 13.5. The number of carbonyl (C=O) groups is 3. The van der Waals surface area contributed by atoms with Crippen LogP contribution in [0.15, 0.2) is 18.5 Å². The van der Waals surface area contributed by atoms with Gasteiger partial charge in [-0.25, -0.2) is 0 Å². The normalized spacial score (nSPS) is 13.3. The molecule has 1 aliphatic rings. The molecule has 9 nitrogen and oxygen atoms in total. The topological polar surface area (TPSA) is 114 Å². The van der Waals surface area contributed by atoms with E-state index in [4.69, 9.17) is 4.74 Å². The van der Waals surface area contributed by atoms with Gasteiger partial charge in [0.05, 0.1) is 11.1 Å². The monoisotopic (exact) mass is 347 g/mol. The van der Waals surface area contributed by atoms with Crippen molar-refractivity contribution in [2.45, 2.75) is 13.0 Å². The number of methoxy groups -OCH3 is 1. The third-order valence-electron chi connectivity index (χ3n) is 3.32. The van der Waals surface area contributed by atoms with Crippen LogP contribution in [-0.4, -0.2) is 51.5 Å². The average molecular weight is 347 g/mol. The molecule has 124 valence electrons. The maximum atomic E-state index is 12.2. The Kier molecular flexibility index (Phi) is 4.58. The van der Waals surface area contributed by atoms with Gasteiger partial charge in [-0.15, -0.1) is 10.2 Å². The molecule has 3 amide bonds. The summed E-state index contributed by atoms with van der Waals surface area (Å²) in [6, 6.07) is 1.49. The fourth-order valence-corrected chi connectivity index (χ4v) is 2.95. The molecule has 2 aromatic rings. The third kappa shape index (κ3) is 3.14. The predicted molar refractivity (Wildman–Crippen MR) is 83.5 cm³/mol. The molecule has 3 rings (SSSR count). The summed E-state index contributed by atoms with van der Waals surface area (Å²) >= 11 is 1.20. The largest absolute Gasteiger partial charge is 0.377 e. The van der Waals surface area contributed by atoms with Crippen LogP contribution in [0.25, 0.3) is 0 Å². The standard InChI is InChI=1S/C14H13N5O4S/c1-23-7-11-17-18-14(24-11)16-10(20)3-5-19-12(21)8-2-4-15-6-9(8)13(19)22/h2,4,6H,3,5,7H2,1H3,(H,16,18,20). The van der Waals surface area contributed by atoms with Crippen LogP contribution in [0.5, 0.6) is 0 Å². The van der Waals surface area contributed by atoms with Crippen molar-refractivity contribution in [2.24, 2.45) is 0 Å². The van der Waals surface area contributed by atoms with Crippen LogP contribution in [0, 0.1) is 0 Å². The van der Waals surface area contributed by atoms with Gasteiger partial charge in [0.1, 0.15) is 11.6 Å². The van der Waals surface area contributed by atoms with E-state index >= 15 is 0 Å². The molecule has 0 unspecified atom stereocenters. The summed E-state index contributed by atoms with van der Waals surface area (Å²) < 4.78 is 4.92. The molecule has 24 heavy (non-hydrogen) atoms. The number of ether oxygens (including phenoxy) is 1. The van der Waals surface area contributed by atoms with Crippen LogP contribution in [0.3, 0.4) is 0 Å². The van der Waals surface area contributed by atoms with E-state index in [1.165, 1.54) is 36.9 Å². The Labute approximate surface area is 140 Å². The zero-order chi connectivity index (χ0) is 17.1. The molecule has 0 bridgehead atoms. The number of nitrogens with one attached hydrogen (secondary N) is 1. The summed E-state index contributed by atoms with van der Waals surface area (Å²) in [5, 5.41) is 11.2. The van der Waals surface area contributed by atoms with Crippen molar-refractivity contribution in [2.75, 3.05) is 19.0 Å². The van der Waals surface area contributed by atoms with Gasteiger partial charge in [-0.2, -0.15) is 0 Å². The Morgan fingerprint density at radius 1 is 1.29 bits per heavy atom. The summed E-state index contributed by atoms with van der Waals surface area (Å²) in [4.78, 5) is 41.2. The molecular formula is C14H13N5O4S. The lowest BCUT2D eigenvalue weighted by atomic mass is 10.2. The summed E-state index contributed by atoms with van der Waals surface area (Å²) in [5.41, 5.74) is 0.569. The Morgan fingerprint density at radius 3 is 2.83 bits per heavy atom. The van der Waals surface area contributed by atoms with Gasteiger partial charge in [-0.05, 0) is 6.07 Å². The van der Waals surface area contributed by atoms with Crippen LogP contribution in [0.1, 0.15) is 32.1 Å². The van der Waals surface area contributed by atoms with Crippen molar-refractivity contribution < 1.29 is 19.1 Å². The number of aromatic nitrogens is 3. The molecule has 0 aliphatic carbocycles. The van der Waals surface area contributed by atoms with E-state index in [-0.39, 0.29) is 24.4 Å². The van der Waals surface area contributed by atoms with E-state index in [0.29, 0.717) is 22.3 Å². The minimum absolute atomic E-state index is 0.0120. The Balaban J connectivity index is 1.57. The van der Waals surface area contributed by atoms with Crippen molar-refractivity contribution >= 4 is 34.2 Å². The Bertz CT molecular complexity index is 771. The first-order chi connectivity index (χ1) is 11.6. The second kappa shape index (κ2) is 6.81. The molecule has 0 atom stereocenters. The van der Waals surface area contributed by atoms with Crippen LogP contribution in [-0.2, 0) is 16.1 Å². The molecule has 0 aromatic carbocycles. The molecule has 3 heterocycles. The van der Waals surface area contributed by atoms with Gasteiger partial charge < -0.3 is 10.1 Å². The average Bonchev–Trinajstić information content (AvgIpc) is 3.10. The SMILES string of the molecule is COCc1nnc(NC(=O)CCN2C(=O)c3ccncc3C2=O)s1. The van der Waals surface area contributed by atoms with E-state index in [0.717, 1.165) is 4.90 Å². The number of anilines is 1. The first-order valence-corrected chi connectivity index (χ1v) is 7.83. The number of amides is 3. The van der Waals surface area contributed by atoms with Gasteiger partial charge in [-0.3, -0.25) is 24.3 Å². The van der Waals surface area contributed by atoms with Crippen LogP contribution >= 0.6 is 11.3 Å². The Hall–Kier alpha value is -2.72. The molecule has 0 spiro atoms. The molecule has 0 saturated carbocycles. The quantitative estimate of drug-likeness (QED) is 0.765. The van der Waals surface area contributed by atoms with Gasteiger partial charge in [0, 0.05) is 32.5 Å². The second-order valence-corrected chi connectivity index (χ2v) is 5.98. The summed E-state index contributed by atoms with van der Waals surface area (Å²) in [5.74, 6) is -1.21. The fraction of sp³-hybridized carbons (Fsp3) is 0.286.